The molecule has 1 heterocycles. The number of hydrogen-bond acceptors (Lipinski definition) is 4. The predicted molar refractivity (Wildman–Crippen MR) is 113 cm³/mol. The fourth-order valence-electron chi connectivity index (χ4n) is 4.52. The Bertz CT molecular complexity index is 815. The van der Waals surface area contributed by atoms with Gasteiger partial charge in [0, 0.05) is 19.6 Å². The zero-order chi connectivity index (χ0) is 20.1. The first-order valence-corrected chi connectivity index (χ1v) is 10.6. The number of nitrogens with zero attached hydrogens (tertiary/aromatic N) is 1. The van der Waals surface area contributed by atoms with E-state index in [4.69, 9.17) is 9.47 Å². The first kappa shape index (κ1) is 19.9. The number of aryl methyl sites for hydroxylation is 1. The molecule has 154 valence electrons. The Kier molecular flexibility index (Phi) is 6.47. The highest BCUT2D eigenvalue weighted by molar-refractivity contribution is 5.84. The molecule has 1 N–H and O–H groups in total. The number of amides is 1. The van der Waals surface area contributed by atoms with Gasteiger partial charge in [-0.1, -0.05) is 36.4 Å². The third-order valence-electron chi connectivity index (χ3n) is 6.14. The minimum absolute atomic E-state index is 0.0406. The van der Waals surface area contributed by atoms with Crippen LogP contribution in [0.3, 0.4) is 0 Å². The molecule has 1 fully saturated rings. The van der Waals surface area contributed by atoms with Gasteiger partial charge in [0.05, 0.1) is 32.3 Å². The first-order valence-electron chi connectivity index (χ1n) is 10.6. The van der Waals surface area contributed by atoms with Crippen LogP contribution in [0.4, 0.5) is 0 Å². The first-order chi connectivity index (χ1) is 14.3. The number of rotatable bonds is 6. The third-order valence-corrected chi connectivity index (χ3v) is 6.14. The Hall–Kier alpha value is -2.37. The van der Waals surface area contributed by atoms with Gasteiger partial charge in [0.1, 0.15) is 5.75 Å². The van der Waals surface area contributed by atoms with Gasteiger partial charge in [-0.25, -0.2) is 0 Å². The molecule has 2 aromatic carbocycles. The number of benzene rings is 2. The summed E-state index contributed by atoms with van der Waals surface area (Å²) in [5.41, 5.74) is 3.71. The third kappa shape index (κ3) is 4.62. The predicted octanol–water partition coefficient (Wildman–Crippen LogP) is 3.30. The number of hydrogen-bond donors (Lipinski definition) is 1. The maximum Gasteiger partial charge on any atom is 0.227 e. The molecule has 2 aromatic rings. The average molecular weight is 395 g/mol. The van der Waals surface area contributed by atoms with Crippen LogP contribution in [0.1, 0.15) is 41.5 Å². The molecule has 0 unspecified atom stereocenters. The van der Waals surface area contributed by atoms with Gasteiger partial charge in [0.15, 0.2) is 0 Å². The van der Waals surface area contributed by atoms with Crippen molar-refractivity contribution in [2.45, 2.75) is 31.2 Å². The number of fused-ring (bicyclic) bond motifs is 1. The van der Waals surface area contributed by atoms with E-state index in [2.05, 4.69) is 40.5 Å². The summed E-state index contributed by atoms with van der Waals surface area (Å²) in [5.74, 6) is 0.947. The van der Waals surface area contributed by atoms with Crippen molar-refractivity contribution in [2.75, 3.05) is 40.0 Å². The van der Waals surface area contributed by atoms with Crippen molar-refractivity contribution < 1.29 is 14.3 Å². The Morgan fingerprint density at radius 2 is 1.93 bits per heavy atom. The van der Waals surface area contributed by atoms with Crippen molar-refractivity contribution in [3.63, 3.8) is 0 Å². The van der Waals surface area contributed by atoms with E-state index in [9.17, 15) is 4.79 Å². The maximum absolute atomic E-state index is 13.1. The van der Waals surface area contributed by atoms with Crippen molar-refractivity contribution in [3.8, 4) is 5.75 Å². The second kappa shape index (κ2) is 9.42. The van der Waals surface area contributed by atoms with E-state index in [1.807, 2.05) is 18.2 Å². The summed E-state index contributed by atoms with van der Waals surface area (Å²) in [6, 6.07) is 16.7. The van der Waals surface area contributed by atoms with Crippen LogP contribution in [0, 0.1) is 0 Å². The number of carbonyl (C=O) groups is 1. The van der Waals surface area contributed by atoms with Gasteiger partial charge in [-0.15, -0.1) is 0 Å². The zero-order valence-corrected chi connectivity index (χ0v) is 17.1. The molecule has 4 rings (SSSR count). The van der Waals surface area contributed by atoms with Crippen LogP contribution in [0.2, 0.25) is 0 Å². The Morgan fingerprint density at radius 3 is 2.69 bits per heavy atom. The van der Waals surface area contributed by atoms with E-state index in [0.29, 0.717) is 6.54 Å². The van der Waals surface area contributed by atoms with Gasteiger partial charge in [-0.2, -0.15) is 0 Å². The van der Waals surface area contributed by atoms with Gasteiger partial charge >= 0.3 is 0 Å². The standard InChI is InChI=1S/C24H30N2O3/c1-28-20-11-9-19(10-12-20)23(26-13-15-29-16-14-26)17-25-24(27)22-8-4-6-18-5-2-3-7-21(18)22/h2-3,5,7,9-12,22-23H,4,6,8,13-17H2,1H3,(H,25,27)/t22-,23-/m0/s1. The maximum atomic E-state index is 13.1. The van der Waals surface area contributed by atoms with E-state index >= 15 is 0 Å². The summed E-state index contributed by atoms with van der Waals surface area (Å²) < 4.78 is 10.8. The van der Waals surface area contributed by atoms with Crippen LogP contribution < -0.4 is 10.1 Å². The summed E-state index contributed by atoms with van der Waals surface area (Å²) in [4.78, 5) is 15.5. The SMILES string of the molecule is COc1ccc([C@H](CNC(=O)[C@H]2CCCc3ccccc32)N2CCOCC2)cc1. The van der Waals surface area contributed by atoms with Crippen molar-refractivity contribution in [1.82, 2.24) is 10.2 Å². The second-order valence-corrected chi connectivity index (χ2v) is 7.83. The summed E-state index contributed by atoms with van der Waals surface area (Å²) in [6.07, 6.45) is 3.07. The minimum Gasteiger partial charge on any atom is -0.497 e. The molecule has 5 nitrogen and oxygen atoms in total. The van der Waals surface area contributed by atoms with Gasteiger partial charge in [-0.05, 0) is 48.1 Å². The van der Waals surface area contributed by atoms with E-state index in [-0.39, 0.29) is 17.9 Å². The van der Waals surface area contributed by atoms with E-state index in [1.54, 1.807) is 7.11 Å². The van der Waals surface area contributed by atoms with E-state index in [1.165, 1.54) is 16.7 Å². The summed E-state index contributed by atoms with van der Waals surface area (Å²) >= 11 is 0. The Labute approximate surface area is 173 Å². The van der Waals surface area contributed by atoms with Gasteiger partial charge in [0.25, 0.3) is 0 Å². The lowest BCUT2D eigenvalue weighted by Gasteiger charge is -2.35. The van der Waals surface area contributed by atoms with Crippen LogP contribution in [0.5, 0.6) is 5.75 Å². The van der Waals surface area contributed by atoms with Crippen molar-refractivity contribution in [2.24, 2.45) is 0 Å². The quantitative estimate of drug-likeness (QED) is 0.817. The molecule has 1 saturated heterocycles. The highest BCUT2D eigenvalue weighted by Gasteiger charge is 2.28. The molecule has 2 atom stereocenters. The number of nitrogens with one attached hydrogen (secondary N) is 1. The second-order valence-electron chi connectivity index (χ2n) is 7.83. The van der Waals surface area contributed by atoms with E-state index in [0.717, 1.165) is 51.3 Å². The lowest BCUT2D eigenvalue weighted by atomic mass is 9.82. The molecule has 1 aliphatic carbocycles. The normalized spacial score (nSPS) is 20.5. The molecule has 0 spiro atoms. The largest absolute Gasteiger partial charge is 0.497 e. The molecule has 0 aromatic heterocycles. The topological polar surface area (TPSA) is 50.8 Å². The lowest BCUT2D eigenvalue weighted by Crippen LogP contribution is -2.44. The molecule has 29 heavy (non-hydrogen) atoms. The molecule has 1 aliphatic heterocycles. The number of methoxy groups -OCH3 is 1. The Morgan fingerprint density at radius 1 is 1.17 bits per heavy atom. The minimum atomic E-state index is -0.0406. The number of carbonyl (C=O) groups excluding carboxylic acids is 1. The zero-order valence-electron chi connectivity index (χ0n) is 17.1. The Balaban J connectivity index is 1.48. The number of ether oxygens (including phenoxy) is 2. The molecule has 1 amide bonds. The van der Waals surface area contributed by atoms with Crippen LogP contribution in [0.25, 0.3) is 0 Å². The summed E-state index contributed by atoms with van der Waals surface area (Å²) in [5, 5.41) is 3.27. The average Bonchev–Trinajstić information content (AvgIpc) is 2.80. The molecule has 5 heteroatoms. The van der Waals surface area contributed by atoms with Crippen molar-refractivity contribution in [1.29, 1.82) is 0 Å². The molecule has 0 saturated carbocycles. The monoisotopic (exact) mass is 394 g/mol. The van der Waals surface area contributed by atoms with Crippen molar-refractivity contribution >= 4 is 5.91 Å². The number of morpholine rings is 1. The summed E-state index contributed by atoms with van der Waals surface area (Å²) in [6.45, 7) is 3.81. The van der Waals surface area contributed by atoms with Gasteiger partial charge in [-0.3, -0.25) is 9.69 Å². The van der Waals surface area contributed by atoms with Gasteiger partial charge < -0.3 is 14.8 Å². The van der Waals surface area contributed by atoms with Gasteiger partial charge in [0.2, 0.25) is 5.91 Å². The highest BCUT2D eigenvalue weighted by Crippen LogP contribution is 2.32. The molecule has 2 aliphatic rings. The molecule has 0 radical (unpaired) electrons. The smallest absolute Gasteiger partial charge is 0.227 e. The van der Waals surface area contributed by atoms with Crippen LogP contribution in [0.15, 0.2) is 48.5 Å². The van der Waals surface area contributed by atoms with E-state index < -0.39 is 0 Å². The van der Waals surface area contributed by atoms with Crippen LogP contribution in [-0.4, -0.2) is 50.8 Å². The summed E-state index contributed by atoms with van der Waals surface area (Å²) in [7, 11) is 1.68. The van der Waals surface area contributed by atoms with Crippen LogP contribution >= 0.6 is 0 Å². The fourth-order valence-corrected chi connectivity index (χ4v) is 4.52. The lowest BCUT2D eigenvalue weighted by molar-refractivity contribution is -0.123. The molecular formula is C24H30N2O3. The van der Waals surface area contributed by atoms with Crippen LogP contribution in [-0.2, 0) is 16.0 Å². The molecular weight excluding hydrogens is 364 g/mol. The van der Waals surface area contributed by atoms with Crippen molar-refractivity contribution in [3.05, 3.63) is 65.2 Å². The fraction of sp³-hybridized carbons (Fsp3) is 0.458. The molecule has 0 bridgehead atoms. The highest BCUT2D eigenvalue weighted by atomic mass is 16.5.